The summed E-state index contributed by atoms with van der Waals surface area (Å²) in [5, 5.41) is 10.6. The first-order chi connectivity index (χ1) is 5.79. The van der Waals surface area contributed by atoms with Gasteiger partial charge >= 0.3 is 0 Å². The molecule has 0 saturated heterocycles. The summed E-state index contributed by atoms with van der Waals surface area (Å²) in [4.78, 5) is 0. The highest BCUT2D eigenvalue weighted by Gasteiger charge is 2.07. The predicted octanol–water partition coefficient (Wildman–Crippen LogP) is -1.63. The molecule has 0 radical (unpaired) electrons. The molecule has 0 unspecified atom stereocenters. The summed E-state index contributed by atoms with van der Waals surface area (Å²) in [6, 6.07) is 9.46. The van der Waals surface area contributed by atoms with Crippen molar-refractivity contribution < 1.29 is 33.7 Å². The van der Waals surface area contributed by atoms with Crippen LogP contribution in [0.4, 0.5) is 0 Å². The summed E-state index contributed by atoms with van der Waals surface area (Å²) in [7, 11) is 1.92. The van der Waals surface area contributed by atoms with E-state index in [1.165, 1.54) is 0 Å². The third kappa shape index (κ3) is 1.75. The molecule has 0 spiro atoms. The van der Waals surface area contributed by atoms with Crippen LogP contribution >= 0.6 is 0 Å². The topological polar surface area (TPSA) is 24.1 Å². The van der Waals surface area contributed by atoms with Crippen molar-refractivity contribution in [1.82, 2.24) is 0 Å². The Bertz CT molecular complexity index is 391. The zero-order chi connectivity index (χ0) is 8.55. The molecule has 0 saturated carbocycles. The van der Waals surface area contributed by atoms with Crippen molar-refractivity contribution in [1.29, 1.82) is 0 Å². The molecule has 68 valence electrons. The maximum atomic E-state index is 9.53. The Kier molecular flexibility index (Phi) is 3.08. The Morgan fingerprint density at radius 3 is 2.54 bits per heavy atom. The third-order valence-corrected chi connectivity index (χ3v) is 1.98. The zero-order valence-electron chi connectivity index (χ0n) is 7.24. The van der Waals surface area contributed by atoms with E-state index in [9.17, 15) is 5.11 Å². The van der Waals surface area contributed by atoms with Crippen LogP contribution in [0.3, 0.4) is 0 Å². The number of hydrogen-bond acceptors (Lipinski definition) is 1. The van der Waals surface area contributed by atoms with Crippen LogP contribution in [0, 0.1) is 0 Å². The maximum Gasteiger partial charge on any atom is 0.254 e. The molecule has 2 aromatic rings. The van der Waals surface area contributed by atoms with E-state index in [0.29, 0.717) is 5.75 Å². The number of aryl methyl sites for hydroxylation is 1. The number of aromatic hydroxyl groups is 1. The second-order valence-corrected chi connectivity index (χ2v) is 2.83. The normalized spacial score (nSPS) is 9.62. The first-order valence-electron chi connectivity index (χ1n) is 3.85. The summed E-state index contributed by atoms with van der Waals surface area (Å²) >= 11 is 0. The summed E-state index contributed by atoms with van der Waals surface area (Å²) in [5.74, 6) is 0.329. The highest BCUT2D eigenvalue weighted by Crippen LogP contribution is 2.19. The average Bonchev–Trinajstić information content (AvgIpc) is 2.04. The van der Waals surface area contributed by atoms with Crippen LogP contribution in [0.1, 0.15) is 0 Å². The van der Waals surface area contributed by atoms with Gasteiger partial charge in [0.15, 0.2) is 11.9 Å². The van der Waals surface area contributed by atoms with E-state index >= 15 is 0 Å². The molecule has 1 heterocycles. The maximum absolute atomic E-state index is 9.53. The second kappa shape index (κ2) is 3.91. The average molecular weight is 287 g/mol. The van der Waals surface area contributed by atoms with Gasteiger partial charge in [-0.25, -0.2) is 0 Å². The van der Waals surface area contributed by atoms with Crippen molar-refractivity contribution in [2.45, 2.75) is 0 Å². The van der Waals surface area contributed by atoms with Gasteiger partial charge in [0.25, 0.3) is 5.52 Å². The van der Waals surface area contributed by atoms with E-state index < -0.39 is 0 Å². The molecule has 0 fully saturated rings. The second-order valence-electron chi connectivity index (χ2n) is 2.83. The van der Waals surface area contributed by atoms with E-state index in [2.05, 4.69) is 0 Å². The van der Waals surface area contributed by atoms with E-state index in [4.69, 9.17) is 0 Å². The number of aromatic nitrogens is 1. The molecule has 0 aliphatic rings. The van der Waals surface area contributed by atoms with Crippen LogP contribution in [0.15, 0.2) is 36.5 Å². The number of pyridine rings is 1. The molecular weight excluding hydrogens is 277 g/mol. The van der Waals surface area contributed by atoms with Gasteiger partial charge in [-0.1, -0.05) is 6.07 Å². The van der Waals surface area contributed by atoms with Crippen molar-refractivity contribution in [2.75, 3.05) is 0 Å². The molecule has 2 nitrogen and oxygen atoms in total. The predicted molar refractivity (Wildman–Crippen MR) is 46.8 cm³/mol. The standard InChI is InChI=1S/C10H9NO.HI/c1-11-7-3-5-8-4-2-6-9(12)10(8)11;/h2-7H,1H3;1H. The van der Waals surface area contributed by atoms with Gasteiger partial charge in [0.1, 0.15) is 7.05 Å². The van der Waals surface area contributed by atoms with E-state index in [0.717, 1.165) is 10.9 Å². The van der Waals surface area contributed by atoms with Gasteiger partial charge in [-0.3, -0.25) is 0 Å². The van der Waals surface area contributed by atoms with Crippen LogP contribution in [0.25, 0.3) is 10.9 Å². The number of fused-ring (bicyclic) bond motifs is 1. The number of halogens is 1. The monoisotopic (exact) mass is 287 g/mol. The molecule has 0 aliphatic heterocycles. The molecule has 2 rings (SSSR count). The quantitative estimate of drug-likeness (QED) is 0.457. The van der Waals surface area contributed by atoms with Crippen molar-refractivity contribution in [2.24, 2.45) is 7.05 Å². The minimum atomic E-state index is 0. The highest BCUT2D eigenvalue weighted by atomic mass is 127. The SMILES string of the molecule is C[n+]1cccc2cccc(O)c21.[I-]. The Hall–Kier alpha value is -0.840. The van der Waals surface area contributed by atoms with Crippen molar-refractivity contribution in [3.05, 3.63) is 36.5 Å². The van der Waals surface area contributed by atoms with Crippen LogP contribution in [-0.2, 0) is 7.05 Å². The molecule has 0 aliphatic carbocycles. The lowest BCUT2D eigenvalue weighted by molar-refractivity contribution is -0.645. The van der Waals surface area contributed by atoms with E-state index in [-0.39, 0.29) is 24.0 Å². The largest absolute Gasteiger partial charge is 1.00 e. The highest BCUT2D eigenvalue weighted by molar-refractivity contribution is 5.80. The van der Waals surface area contributed by atoms with Gasteiger partial charge in [-0.15, -0.1) is 0 Å². The first kappa shape index (κ1) is 10.2. The number of phenols is 1. The number of nitrogens with zero attached hydrogens (tertiary/aromatic N) is 1. The Morgan fingerprint density at radius 2 is 1.85 bits per heavy atom. The van der Waals surface area contributed by atoms with E-state index in [1.54, 1.807) is 6.07 Å². The van der Waals surface area contributed by atoms with Gasteiger partial charge in [-0.05, 0) is 18.2 Å². The molecule has 0 amide bonds. The van der Waals surface area contributed by atoms with E-state index in [1.807, 2.05) is 42.1 Å². The number of rotatable bonds is 0. The Labute approximate surface area is 93.8 Å². The van der Waals surface area contributed by atoms with Crippen LogP contribution in [-0.4, -0.2) is 5.11 Å². The molecule has 0 atom stereocenters. The molecule has 3 heteroatoms. The molecule has 0 bridgehead atoms. The Morgan fingerprint density at radius 1 is 1.15 bits per heavy atom. The summed E-state index contributed by atoms with van der Waals surface area (Å²) in [5.41, 5.74) is 0.875. The summed E-state index contributed by atoms with van der Waals surface area (Å²) in [6.45, 7) is 0. The molecular formula is C10H10INO. The molecule has 1 aromatic heterocycles. The summed E-state index contributed by atoms with van der Waals surface area (Å²) < 4.78 is 1.91. The fraction of sp³-hybridized carbons (Fsp3) is 0.100. The number of hydrogen-bond donors (Lipinski definition) is 1. The van der Waals surface area contributed by atoms with Crippen molar-refractivity contribution in [3.63, 3.8) is 0 Å². The number of para-hydroxylation sites is 1. The minimum absolute atomic E-state index is 0. The number of phenolic OH excluding ortho intramolecular Hbond substituents is 1. The van der Waals surface area contributed by atoms with Gasteiger partial charge in [0.2, 0.25) is 0 Å². The van der Waals surface area contributed by atoms with Crippen LogP contribution in [0.2, 0.25) is 0 Å². The zero-order valence-corrected chi connectivity index (χ0v) is 9.39. The van der Waals surface area contributed by atoms with Gasteiger partial charge in [0.05, 0.1) is 5.39 Å². The van der Waals surface area contributed by atoms with Gasteiger partial charge < -0.3 is 29.1 Å². The van der Waals surface area contributed by atoms with Crippen LogP contribution in [0.5, 0.6) is 5.75 Å². The minimum Gasteiger partial charge on any atom is -1.00 e. The lowest BCUT2D eigenvalue weighted by atomic mass is 10.2. The molecule has 1 aromatic carbocycles. The Balaban J connectivity index is 0.000000845. The van der Waals surface area contributed by atoms with Gasteiger partial charge in [-0.2, -0.15) is 4.57 Å². The number of benzene rings is 1. The summed E-state index contributed by atoms with van der Waals surface area (Å²) in [6.07, 6.45) is 1.92. The molecule has 1 N–H and O–H groups in total. The smallest absolute Gasteiger partial charge is 0.254 e. The van der Waals surface area contributed by atoms with Crippen LogP contribution < -0.4 is 28.5 Å². The lowest BCUT2D eigenvalue weighted by Crippen LogP contribution is -3.00. The lowest BCUT2D eigenvalue weighted by Gasteiger charge is -1.96. The molecule has 13 heavy (non-hydrogen) atoms. The first-order valence-corrected chi connectivity index (χ1v) is 3.85. The third-order valence-electron chi connectivity index (χ3n) is 1.98. The van der Waals surface area contributed by atoms with Crippen molar-refractivity contribution >= 4 is 10.9 Å². The fourth-order valence-electron chi connectivity index (χ4n) is 1.42. The van der Waals surface area contributed by atoms with Crippen molar-refractivity contribution in [3.8, 4) is 5.75 Å². The van der Waals surface area contributed by atoms with Gasteiger partial charge in [0, 0.05) is 6.07 Å². The fourth-order valence-corrected chi connectivity index (χ4v) is 1.42.